The summed E-state index contributed by atoms with van der Waals surface area (Å²) in [6, 6.07) is 15.6. The van der Waals surface area contributed by atoms with Gasteiger partial charge in [0.05, 0.1) is 42.9 Å². The lowest BCUT2D eigenvalue weighted by molar-refractivity contribution is -0.123. The van der Waals surface area contributed by atoms with Crippen LogP contribution in [0.5, 0.6) is 0 Å². The van der Waals surface area contributed by atoms with Crippen molar-refractivity contribution >= 4 is 46.4 Å². The van der Waals surface area contributed by atoms with Crippen molar-refractivity contribution in [1.29, 1.82) is 0 Å². The summed E-state index contributed by atoms with van der Waals surface area (Å²) in [5.41, 5.74) is 6.66. The maximum atomic E-state index is 12.8. The Morgan fingerprint density at radius 1 is 0.776 bits per heavy atom. The summed E-state index contributed by atoms with van der Waals surface area (Å²) in [6.07, 6.45) is 3.66. The molecule has 2 aromatic heterocycles. The minimum atomic E-state index is -0.516. The molecule has 0 spiro atoms. The van der Waals surface area contributed by atoms with Crippen LogP contribution in [-0.4, -0.2) is 93.7 Å². The Morgan fingerprint density at radius 3 is 2.16 bits per heavy atom. The number of anilines is 2. The summed E-state index contributed by atoms with van der Waals surface area (Å²) in [4.78, 5) is 76.7. The van der Waals surface area contributed by atoms with Gasteiger partial charge in [-0.15, -0.1) is 0 Å². The first-order chi connectivity index (χ1) is 27.6. The number of nitrogens with two attached hydrogens (primary N) is 1. The normalized spacial score (nSPS) is 12.1. The Labute approximate surface area is 338 Å². The van der Waals surface area contributed by atoms with Crippen molar-refractivity contribution in [3.63, 3.8) is 0 Å². The third kappa shape index (κ3) is 15.5. The largest absolute Gasteiger partial charge is 0.379 e. The third-order valence-electron chi connectivity index (χ3n) is 9.13. The smallest absolute Gasteiger partial charge is 0.280 e. The van der Waals surface area contributed by atoms with Gasteiger partial charge in [-0.2, -0.15) is 4.98 Å². The molecule has 58 heavy (non-hydrogen) atoms. The molecule has 4 rings (SSSR count). The van der Waals surface area contributed by atoms with Crippen molar-refractivity contribution in [1.82, 2.24) is 41.2 Å². The minimum absolute atomic E-state index is 0.0281. The predicted molar refractivity (Wildman–Crippen MR) is 221 cm³/mol. The van der Waals surface area contributed by atoms with E-state index >= 15 is 0 Å². The highest BCUT2D eigenvalue weighted by atomic mass is 16.5. The molecule has 0 saturated carbocycles. The molecular weight excluding hydrogens is 745 g/mol. The number of carbonyl (C=O) groups excluding carboxylic acids is 4. The number of nitrogen functional groups attached to an aromatic ring is 1. The molecule has 0 unspecified atom stereocenters. The number of hydrogen-bond acceptors (Lipinski definition) is 12. The lowest BCUT2D eigenvalue weighted by Gasteiger charge is -2.29. The maximum absolute atomic E-state index is 12.8. The number of H-pyrrole nitrogens is 1. The number of benzene rings is 2. The van der Waals surface area contributed by atoms with Gasteiger partial charge in [-0.3, -0.25) is 29.0 Å². The summed E-state index contributed by atoms with van der Waals surface area (Å²) in [5.74, 6) is -0.700. The summed E-state index contributed by atoms with van der Waals surface area (Å²) in [5, 5.41) is 14.6. The van der Waals surface area contributed by atoms with Gasteiger partial charge in [-0.25, -0.2) is 9.97 Å². The first kappa shape index (κ1) is 44.8. The van der Waals surface area contributed by atoms with Crippen molar-refractivity contribution in [2.24, 2.45) is 0 Å². The van der Waals surface area contributed by atoms with Crippen LogP contribution in [0.4, 0.5) is 11.6 Å². The van der Waals surface area contributed by atoms with Crippen LogP contribution >= 0.6 is 0 Å². The first-order valence-corrected chi connectivity index (χ1v) is 19.4. The van der Waals surface area contributed by atoms with Crippen LogP contribution in [0.15, 0.2) is 65.6 Å². The summed E-state index contributed by atoms with van der Waals surface area (Å²) in [6.45, 7) is 11.7. The fourth-order valence-electron chi connectivity index (χ4n) is 5.61. The molecule has 17 heteroatoms. The van der Waals surface area contributed by atoms with Gasteiger partial charge < -0.3 is 41.8 Å². The Morgan fingerprint density at radius 2 is 1.41 bits per heavy atom. The lowest BCUT2D eigenvalue weighted by atomic mass is 10.0. The predicted octanol–water partition coefficient (Wildman–Crippen LogP) is 3.23. The Bertz CT molecular complexity index is 2040. The molecule has 0 aliphatic heterocycles. The van der Waals surface area contributed by atoms with Crippen LogP contribution in [0.3, 0.4) is 0 Å². The molecule has 1 atom stereocenters. The topological polar surface area (TPSA) is 244 Å². The van der Waals surface area contributed by atoms with Crippen molar-refractivity contribution < 1.29 is 28.7 Å². The molecule has 8 N–H and O–H groups in total. The summed E-state index contributed by atoms with van der Waals surface area (Å²) in [7, 11) is 0. The number of rotatable bonds is 23. The van der Waals surface area contributed by atoms with E-state index in [-0.39, 0.29) is 53.2 Å². The Kier molecular flexibility index (Phi) is 16.6. The molecule has 4 amide bonds. The zero-order valence-electron chi connectivity index (χ0n) is 33.9. The van der Waals surface area contributed by atoms with Gasteiger partial charge in [0.2, 0.25) is 17.8 Å². The molecule has 0 saturated heterocycles. The second kappa shape index (κ2) is 21.5. The number of nitrogens with one attached hydrogen (secondary N) is 6. The molecule has 2 heterocycles. The van der Waals surface area contributed by atoms with Crippen molar-refractivity contribution in [3.05, 3.63) is 88.0 Å². The number of fused-ring (bicyclic) bond motifs is 1. The fraction of sp³-hybridized carbons (Fsp3) is 0.463. The van der Waals surface area contributed by atoms with E-state index in [2.05, 4.69) is 46.5 Å². The summed E-state index contributed by atoms with van der Waals surface area (Å²) < 4.78 is 12.1. The second-order valence-corrected chi connectivity index (χ2v) is 15.1. The van der Waals surface area contributed by atoms with E-state index < -0.39 is 16.8 Å². The van der Waals surface area contributed by atoms with E-state index in [0.29, 0.717) is 81.9 Å². The van der Waals surface area contributed by atoms with Crippen LogP contribution in [0.25, 0.3) is 11.2 Å². The van der Waals surface area contributed by atoms with Crippen LogP contribution < -0.4 is 37.9 Å². The van der Waals surface area contributed by atoms with Gasteiger partial charge in [-0.05, 0) is 90.3 Å². The molecule has 0 aliphatic rings. The van der Waals surface area contributed by atoms with Crippen molar-refractivity contribution in [3.8, 4) is 0 Å². The van der Waals surface area contributed by atoms with E-state index in [4.69, 9.17) is 15.2 Å². The molecule has 4 aromatic rings. The molecule has 2 aromatic carbocycles. The molecule has 0 radical (unpaired) electrons. The molecule has 17 nitrogen and oxygen atoms in total. The average molecular weight is 801 g/mol. The number of hydrogen-bond donors (Lipinski definition) is 7. The zero-order chi connectivity index (χ0) is 42.1. The second-order valence-electron chi connectivity index (χ2n) is 15.1. The van der Waals surface area contributed by atoms with Crippen LogP contribution in [0.2, 0.25) is 0 Å². The lowest BCUT2D eigenvalue weighted by Crippen LogP contribution is -2.36. The SMILES string of the molecule is C[C@H](CCC(=O)NCCOC(C)(C)CCOC(C)(C)CCC(=O)NCCNC(=O)c1ccccc1)NC(=O)c1ccc(NCc2cnc3nc(N)[nH]c(=O)c3n2)cc1. The number of carbonyl (C=O) groups is 4. The number of nitrogens with zero attached hydrogens (tertiary/aromatic N) is 3. The highest BCUT2D eigenvalue weighted by Gasteiger charge is 2.24. The molecule has 0 fully saturated rings. The van der Waals surface area contributed by atoms with E-state index in [1.807, 2.05) is 40.7 Å². The number of amides is 4. The number of aromatic amines is 1. The van der Waals surface area contributed by atoms with Crippen molar-refractivity contribution in [2.45, 2.75) is 90.5 Å². The zero-order valence-corrected chi connectivity index (χ0v) is 33.9. The van der Waals surface area contributed by atoms with Gasteiger partial charge in [0.1, 0.15) is 0 Å². The Balaban J connectivity index is 1.03. The van der Waals surface area contributed by atoms with Gasteiger partial charge >= 0.3 is 0 Å². The van der Waals surface area contributed by atoms with Crippen LogP contribution in [0, 0.1) is 0 Å². The number of ether oxygens (including phenoxy) is 2. The van der Waals surface area contributed by atoms with Gasteiger partial charge in [0.25, 0.3) is 17.4 Å². The average Bonchev–Trinajstić information content (AvgIpc) is 3.19. The van der Waals surface area contributed by atoms with Gasteiger partial charge in [-0.1, -0.05) is 18.2 Å². The molecule has 312 valence electrons. The maximum Gasteiger partial charge on any atom is 0.280 e. The highest BCUT2D eigenvalue weighted by molar-refractivity contribution is 5.95. The van der Waals surface area contributed by atoms with E-state index in [9.17, 15) is 24.0 Å². The monoisotopic (exact) mass is 800 g/mol. The standard InChI is InChI=1S/C41H56N10O7/c1-27(48-37(55)29-12-14-30(15-13-29)46-25-31-26-47-35-34(49-31)38(56)51-39(42)50-35)11-16-32(52)44-22-24-58-41(4,5)19-23-57-40(2,3)18-17-33(53)43-20-21-45-36(54)28-9-7-6-8-10-28/h6-10,12-15,26-27,46H,11,16-25H2,1-5H3,(H,43,53)(H,44,52)(H,45,54)(H,48,55)(H3,42,47,50,51,56)/t27-/m1/s1. The van der Waals surface area contributed by atoms with Gasteiger partial charge in [0.15, 0.2) is 11.2 Å². The third-order valence-corrected chi connectivity index (χ3v) is 9.13. The van der Waals surface area contributed by atoms with Gasteiger partial charge in [0, 0.05) is 55.3 Å². The molecule has 0 bridgehead atoms. The van der Waals surface area contributed by atoms with E-state index in [1.54, 1.807) is 48.5 Å². The quantitative estimate of drug-likeness (QED) is 0.0535. The minimum Gasteiger partial charge on any atom is -0.379 e. The summed E-state index contributed by atoms with van der Waals surface area (Å²) >= 11 is 0. The molecular formula is C41H56N10O7. The van der Waals surface area contributed by atoms with E-state index in [0.717, 1.165) is 5.69 Å². The van der Waals surface area contributed by atoms with Crippen molar-refractivity contribution in [2.75, 3.05) is 43.9 Å². The Hall–Kier alpha value is -5.94. The van der Waals surface area contributed by atoms with E-state index in [1.165, 1.54) is 6.20 Å². The first-order valence-electron chi connectivity index (χ1n) is 19.4. The fourth-order valence-corrected chi connectivity index (χ4v) is 5.61. The van der Waals surface area contributed by atoms with Crippen LogP contribution in [-0.2, 0) is 25.6 Å². The molecule has 0 aliphatic carbocycles. The van der Waals surface area contributed by atoms with Crippen LogP contribution in [0.1, 0.15) is 93.1 Å². The number of aromatic nitrogens is 4. The highest BCUT2D eigenvalue weighted by Crippen LogP contribution is 2.21.